The van der Waals surface area contributed by atoms with Gasteiger partial charge in [-0.05, 0) is 23.6 Å². The van der Waals surface area contributed by atoms with Gasteiger partial charge in [-0.3, -0.25) is 9.20 Å². The lowest BCUT2D eigenvalue weighted by atomic mass is 10.0. The molecule has 5 heteroatoms. The van der Waals surface area contributed by atoms with Crippen LogP contribution < -0.4 is 5.32 Å². The maximum atomic E-state index is 12.0. The van der Waals surface area contributed by atoms with E-state index in [2.05, 4.69) is 29.4 Å². The van der Waals surface area contributed by atoms with Crippen LogP contribution in [0.2, 0.25) is 0 Å². The molecule has 118 valence electrons. The standard InChI is InChI=1S/C18H19N3OS/c1-14(15-7-3-2-4-8-15)11-19-17(22)13-23-18-20-12-16-9-5-6-10-21(16)18/h2-10,12,14H,11,13H2,1H3,(H,19,22)/t14-/m1/s1. The van der Waals surface area contributed by atoms with E-state index in [9.17, 15) is 4.79 Å². The van der Waals surface area contributed by atoms with E-state index >= 15 is 0 Å². The van der Waals surface area contributed by atoms with Gasteiger partial charge < -0.3 is 5.32 Å². The molecule has 1 N–H and O–H groups in total. The fraction of sp³-hybridized carbons (Fsp3) is 0.222. The van der Waals surface area contributed by atoms with Gasteiger partial charge in [-0.1, -0.05) is 55.1 Å². The summed E-state index contributed by atoms with van der Waals surface area (Å²) in [6.45, 7) is 2.76. The van der Waals surface area contributed by atoms with E-state index in [0.717, 1.165) is 10.7 Å². The van der Waals surface area contributed by atoms with Gasteiger partial charge in [-0.15, -0.1) is 0 Å². The Kier molecular flexibility index (Phi) is 4.98. The first kappa shape index (κ1) is 15.6. The third-order valence-corrected chi connectivity index (χ3v) is 4.68. The maximum absolute atomic E-state index is 12.0. The second-order valence-corrected chi connectivity index (χ2v) is 6.38. The Labute approximate surface area is 139 Å². The Morgan fingerprint density at radius 1 is 1.22 bits per heavy atom. The Morgan fingerprint density at radius 2 is 2.00 bits per heavy atom. The molecular formula is C18H19N3OS. The van der Waals surface area contributed by atoms with Gasteiger partial charge in [0.1, 0.15) is 0 Å². The van der Waals surface area contributed by atoms with Crippen molar-refractivity contribution in [3.63, 3.8) is 0 Å². The summed E-state index contributed by atoms with van der Waals surface area (Å²) in [6.07, 6.45) is 3.78. The molecule has 0 unspecified atom stereocenters. The monoisotopic (exact) mass is 325 g/mol. The van der Waals surface area contributed by atoms with Crippen molar-refractivity contribution in [2.75, 3.05) is 12.3 Å². The van der Waals surface area contributed by atoms with Crippen molar-refractivity contribution >= 4 is 23.2 Å². The number of amides is 1. The Balaban J connectivity index is 1.50. The van der Waals surface area contributed by atoms with E-state index in [1.807, 2.05) is 53.2 Å². The van der Waals surface area contributed by atoms with Crippen molar-refractivity contribution in [1.29, 1.82) is 0 Å². The minimum Gasteiger partial charge on any atom is -0.355 e. The van der Waals surface area contributed by atoms with Gasteiger partial charge in [-0.25, -0.2) is 4.98 Å². The average molecular weight is 325 g/mol. The van der Waals surface area contributed by atoms with Crippen molar-refractivity contribution in [3.05, 3.63) is 66.5 Å². The van der Waals surface area contributed by atoms with E-state index in [1.54, 1.807) is 0 Å². The molecule has 0 bridgehead atoms. The third-order valence-electron chi connectivity index (χ3n) is 3.71. The highest BCUT2D eigenvalue weighted by Crippen LogP contribution is 2.18. The second-order valence-electron chi connectivity index (χ2n) is 5.44. The highest BCUT2D eigenvalue weighted by molar-refractivity contribution is 7.99. The zero-order valence-corrected chi connectivity index (χ0v) is 13.8. The van der Waals surface area contributed by atoms with Crippen LogP contribution in [0.25, 0.3) is 5.52 Å². The normalized spacial score (nSPS) is 12.2. The summed E-state index contributed by atoms with van der Waals surface area (Å²) in [5.74, 6) is 0.707. The van der Waals surface area contributed by atoms with Crippen molar-refractivity contribution in [3.8, 4) is 0 Å². The summed E-state index contributed by atoms with van der Waals surface area (Å²) in [6, 6.07) is 16.1. The van der Waals surface area contributed by atoms with Crippen molar-refractivity contribution in [1.82, 2.24) is 14.7 Å². The fourth-order valence-electron chi connectivity index (χ4n) is 2.37. The smallest absolute Gasteiger partial charge is 0.230 e. The van der Waals surface area contributed by atoms with Gasteiger partial charge in [-0.2, -0.15) is 0 Å². The number of carbonyl (C=O) groups is 1. The number of thioether (sulfide) groups is 1. The first-order valence-corrected chi connectivity index (χ1v) is 8.59. The molecule has 0 saturated carbocycles. The molecule has 23 heavy (non-hydrogen) atoms. The van der Waals surface area contributed by atoms with Crippen LogP contribution in [0.4, 0.5) is 0 Å². The maximum Gasteiger partial charge on any atom is 0.230 e. The summed E-state index contributed by atoms with van der Waals surface area (Å²) in [4.78, 5) is 16.4. The predicted octanol–water partition coefficient (Wildman–Crippen LogP) is 3.35. The van der Waals surface area contributed by atoms with E-state index in [4.69, 9.17) is 0 Å². The van der Waals surface area contributed by atoms with Crippen LogP contribution >= 0.6 is 11.8 Å². The van der Waals surface area contributed by atoms with Crippen LogP contribution in [-0.2, 0) is 4.79 Å². The number of nitrogens with zero attached hydrogens (tertiary/aromatic N) is 2. The van der Waals surface area contributed by atoms with Crippen LogP contribution in [-0.4, -0.2) is 27.6 Å². The zero-order chi connectivity index (χ0) is 16.1. The number of nitrogens with one attached hydrogen (secondary N) is 1. The number of imidazole rings is 1. The van der Waals surface area contributed by atoms with E-state index in [0.29, 0.717) is 18.2 Å². The highest BCUT2D eigenvalue weighted by Gasteiger charge is 2.10. The van der Waals surface area contributed by atoms with Gasteiger partial charge >= 0.3 is 0 Å². The van der Waals surface area contributed by atoms with Crippen LogP contribution in [0.5, 0.6) is 0 Å². The van der Waals surface area contributed by atoms with Crippen molar-refractivity contribution < 1.29 is 4.79 Å². The number of pyridine rings is 1. The number of carbonyl (C=O) groups excluding carboxylic acids is 1. The van der Waals surface area contributed by atoms with Crippen LogP contribution in [0.3, 0.4) is 0 Å². The SMILES string of the molecule is C[C@H](CNC(=O)CSc1ncc2ccccn12)c1ccccc1. The molecule has 1 aromatic carbocycles. The third kappa shape index (κ3) is 3.93. The summed E-state index contributed by atoms with van der Waals surface area (Å²) in [5.41, 5.74) is 2.27. The fourth-order valence-corrected chi connectivity index (χ4v) is 3.17. The number of rotatable bonds is 6. The predicted molar refractivity (Wildman–Crippen MR) is 93.8 cm³/mol. The molecule has 0 spiro atoms. The minimum atomic E-state index is 0.0328. The van der Waals surface area contributed by atoms with Gasteiger partial charge in [0.25, 0.3) is 0 Å². The molecule has 1 amide bonds. The lowest BCUT2D eigenvalue weighted by molar-refractivity contribution is -0.118. The number of hydrogen-bond acceptors (Lipinski definition) is 3. The molecule has 2 heterocycles. The lowest BCUT2D eigenvalue weighted by Gasteiger charge is -2.12. The van der Waals surface area contributed by atoms with Crippen LogP contribution in [0.15, 0.2) is 66.1 Å². The molecule has 0 radical (unpaired) electrons. The summed E-state index contributed by atoms with van der Waals surface area (Å²) >= 11 is 1.45. The number of aromatic nitrogens is 2. The molecule has 0 aliphatic rings. The summed E-state index contributed by atoms with van der Waals surface area (Å²) in [7, 11) is 0. The largest absolute Gasteiger partial charge is 0.355 e. The minimum absolute atomic E-state index is 0.0328. The lowest BCUT2D eigenvalue weighted by Crippen LogP contribution is -2.29. The molecule has 0 aliphatic heterocycles. The second kappa shape index (κ2) is 7.33. The number of benzene rings is 1. The molecule has 3 aromatic rings. The molecule has 0 fully saturated rings. The Bertz CT molecular complexity index is 785. The van der Waals surface area contributed by atoms with Gasteiger partial charge in [0.15, 0.2) is 5.16 Å². The Morgan fingerprint density at radius 3 is 2.83 bits per heavy atom. The first-order chi connectivity index (χ1) is 11.2. The number of fused-ring (bicyclic) bond motifs is 1. The van der Waals surface area contributed by atoms with Crippen molar-refractivity contribution in [2.45, 2.75) is 18.0 Å². The number of hydrogen-bond donors (Lipinski definition) is 1. The van der Waals surface area contributed by atoms with Gasteiger partial charge in [0.05, 0.1) is 17.5 Å². The van der Waals surface area contributed by atoms with Crippen LogP contribution in [0.1, 0.15) is 18.4 Å². The molecular weight excluding hydrogens is 306 g/mol. The molecule has 2 aromatic heterocycles. The quantitative estimate of drug-likeness (QED) is 0.707. The Hall–Kier alpha value is -2.27. The van der Waals surface area contributed by atoms with E-state index in [1.165, 1.54) is 17.3 Å². The topological polar surface area (TPSA) is 46.4 Å². The molecule has 0 saturated heterocycles. The van der Waals surface area contributed by atoms with Gasteiger partial charge in [0.2, 0.25) is 5.91 Å². The highest BCUT2D eigenvalue weighted by atomic mass is 32.2. The van der Waals surface area contributed by atoms with Crippen LogP contribution in [0, 0.1) is 0 Å². The zero-order valence-electron chi connectivity index (χ0n) is 13.0. The van der Waals surface area contributed by atoms with Crippen molar-refractivity contribution in [2.24, 2.45) is 0 Å². The van der Waals surface area contributed by atoms with E-state index in [-0.39, 0.29) is 5.91 Å². The molecule has 1 atom stereocenters. The summed E-state index contributed by atoms with van der Waals surface area (Å²) in [5, 5.41) is 3.83. The average Bonchev–Trinajstić information content (AvgIpc) is 3.02. The van der Waals surface area contributed by atoms with E-state index < -0.39 is 0 Å². The first-order valence-electron chi connectivity index (χ1n) is 7.60. The molecule has 4 nitrogen and oxygen atoms in total. The molecule has 3 rings (SSSR count). The molecule has 0 aliphatic carbocycles. The summed E-state index contributed by atoms with van der Waals surface area (Å²) < 4.78 is 1.99. The van der Waals surface area contributed by atoms with Gasteiger partial charge in [0, 0.05) is 12.7 Å².